The zero-order valence-electron chi connectivity index (χ0n) is 15.4. The Balaban J connectivity index is 1.60. The monoisotopic (exact) mass is 356 g/mol. The van der Waals surface area contributed by atoms with E-state index in [2.05, 4.69) is 0 Å². The van der Waals surface area contributed by atoms with Crippen molar-refractivity contribution in [2.24, 2.45) is 0 Å². The van der Waals surface area contributed by atoms with Crippen molar-refractivity contribution in [3.8, 4) is 11.5 Å². The van der Waals surface area contributed by atoms with Crippen molar-refractivity contribution in [1.29, 1.82) is 0 Å². The smallest absolute Gasteiger partial charge is 0.232 e. The van der Waals surface area contributed by atoms with E-state index >= 15 is 0 Å². The summed E-state index contributed by atoms with van der Waals surface area (Å²) < 4.78 is 11.8. The van der Waals surface area contributed by atoms with Gasteiger partial charge in [-0.2, -0.15) is 0 Å². The highest BCUT2D eigenvalue weighted by atomic mass is 16.5. The van der Waals surface area contributed by atoms with Gasteiger partial charge in [-0.25, -0.2) is 0 Å². The Morgan fingerprint density at radius 3 is 2.44 bits per heavy atom. The third kappa shape index (κ3) is 3.49. The van der Waals surface area contributed by atoms with Crippen LogP contribution in [0.25, 0.3) is 6.08 Å². The number of hydrogen-bond acceptors (Lipinski definition) is 3. The number of aryl methyl sites for hydroxylation is 2. The molecule has 0 aliphatic carbocycles. The van der Waals surface area contributed by atoms with E-state index in [1.54, 1.807) is 6.07 Å². The minimum absolute atomic E-state index is 0.0830. The topological polar surface area (TPSA) is 35.5 Å². The molecule has 0 bridgehead atoms. The van der Waals surface area contributed by atoms with Crippen molar-refractivity contribution < 1.29 is 14.3 Å². The fourth-order valence-corrected chi connectivity index (χ4v) is 3.19. The summed E-state index contributed by atoms with van der Waals surface area (Å²) >= 11 is 0. The van der Waals surface area contributed by atoms with E-state index in [1.807, 2.05) is 80.6 Å². The minimum Gasteiger partial charge on any atom is -0.489 e. The number of carbonyl (C=O) groups excluding carboxylic acids is 1. The van der Waals surface area contributed by atoms with Crippen molar-refractivity contribution in [2.75, 3.05) is 0 Å². The van der Waals surface area contributed by atoms with Gasteiger partial charge >= 0.3 is 0 Å². The van der Waals surface area contributed by atoms with Gasteiger partial charge in [-0.15, -0.1) is 0 Å². The van der Waals surface area contributed by atoms with Crippen LogP contribution in [0, 0.1) is 13.8 Å². The molecule has 1 aliphatic rings. The molecule has 0 atom stereocenters. The number of hydrogen-bond donors (Lipinski definition) is 0. The van der Waals surface area contributed by atoms with Gasteiger partial charge in [0.2, 0.25) is 5.78 Å². The highest BCUT2D eigenvalue weighted by Gasteiger charge is 2.30. The Hall–Kier alpha value is -3.33. The molecule has 0 amide bonds. The molecular formula is C24H20O3. The van der Waals surface area contributed by atoms with Crippen molar-refractivity contribution in [3.05, 3.63) is 100 Å². The quantitative estimate of drug-likeness (QED) is 0.579. The minimum atomic E-state index is -0.0830. The van der Waals surface area contributed by atoms with Crippen LogP contribution in [0.4, 0.5) is 0 Å². The highest BCUT2D eigenvalue weighted by molar-refractivity contribution is 6.15. The molecule has 0 N–H and O–H groups in total. The Morgan fingerprint density at radius 1 is 0.926 bits per heavy atom. The summed E-state index contributed by atoms with van der Waals surface area (Å²) in [4.78, 5) is 12.8. The van der Waals surface area contributed by atoms with E-state index in [0.29, 0.717) is 29.4 Å². The number of Topliss-reactive ketones (excluding diaryl/α,β-unsaturated/α-hetero) is 1. The second-order valence-electron chi connectivity index (χ2n) is 6.68. The van der Waals surface area contributed by atoms with Gasteiger partial charge in [-0.3, -0.25) is 4.79 Å². The molecular weight excluding hydrogens is 336 g/mol. The van der Waals surface area contributed by atoms with Gasteiger partial charge in [0.1, 0.15) is 18.1 Å². The number of allylic oxidation sites excluding steroid dienone is 1. The molecule has 27 heavy (non-hydrogen) atoms. The van der Waals surface area contributed by atoms with E-state index in [-0.39, 0.29) is 5.78 Å². The number of rotatable bonds is 4. The van der Waals surface area contributed by atoms with Gasteiger partial charge in [0.25, 0.3) is 0 Å². The average molecular weight is 356 g/mol. The van der Waals surface area contributed by atoms with E-state index in [0.717, 1.165) is 22.3 Å². The average Bonchev–Trinajstić information content (AvgIpc) is 2.99. The fourth-order valence-electron chi connectivity index (χ4n) is 3.19. The predicted octanol–water partition coefficient (Wildman–Crippen LogP) is 5.50. The summed E-state index contributed by atoms with van der Waals surface area (Å²) in [7, 11) is 0. The predicted molar refractivity (Wildman–Crippen MR) is 106 cm³/mol. The third-order valence-corrected chi connectivity index (χ3v) is 4.67. The Morgan fingerprint density at radius 2 is 1.67 bits per heavy atom. The van der Waals surface area contributed by atoms with Crippen LogP contribution < -0.4 is 9.47 Å². The van der Waals surface area contributed by atoms with Crippen LogP contribution in [0.3, 0.4) is 0 Å². The van der Waals surface area contributed by atoms with Crippen molar-refractivity contribution in [1.82, 2.24) is 0 Å². The fraction of sp³-hybridized carbons (Fsp3) is 0.125. The van der Waals surface area contributed by atoms with E-state index in [1.165, 1.54) is 0 Å². The molecule has 134 valence electrons. The molecule has 0 unspecified atom stereocenters. The summed E-state index contributed by atoms with van der Waals surface area (Å²) in [6, 6.07) is 21.6. The molecule has 0 radical (unpaired) electrons. The first-order valence-corrected chi connectivity index (χ1v) is 8.93. The standard InChI is InChI=1S/C24H20O3/c1-16-8-6-7-11-19(16)13-22-24(25)23-17(2)12-20(14-21(23)27-22)26-15-18-9-4-3-5-10-18/h3-14H,15H2,1-2H3/b22-13-. The summed E-state index contributed by atoms with van der Waals surface area (Å²) in [6.07, 6.45) is 1.81. The zero-order chi connectivity index (χ0) is 18.8. The van der Waals surface area contributed by atoms with Gasteiger partial charge in [-0.1, -0.05) is 54.6 Å². The maximum atomic E-state index is 12.8. The van der Waals surface area contributed by atoms with Gasteiger partial charge in [0.05, 0.1) is 5.56 Å². The number of ether oxygens (including phenoxy) is 2. The zero-order valence-corrected chi connectivity index (χ0v) is 15.4. The molecule has 0 fully saturated rings. The van der Waals surface area contributed by atoms with E-state index in [9.17, 15) is 4.79 Å². The van der Waals surface area contributed by atoms with Crippen LogP contribution in [0.1, 0.15) is 32.6 Å². The molecule has 0 saturated heterocycles. The van der Waals surface area contributed by atoms with Gasteiger partial charge in [-0.05, 0) is 48.2 Å². The molecule has 1 heterocycles. The highest BCUT2D eigenvalue weighted by Crippen LogP contribution is 2.37. The van der Waals surface area contributed by atoms with Gasteiger partial charge < -0.3 is 9.47 Å². The maximum Gasteiger partial charge on any atom is 0.232 e. The SMILES string of the molecule is Cc1ccccc1/C=C1\Oc2cc(OCc3ccccc3)cc(C)c2C1=O. The van der Waals surface area contributed by atoms with Crippen LogP contribution in [0.15, 0.2) is 72.5 Å². The molecule has 3 nitrogen and oxygen atoms in total. The Labute approximate surface area is 158 Å². The second-order valence-corrected chi connectivity index (χ2v) is 6.68. The molecule has 0 spiro atoms. The van der Waals surface area contributed by atoms with Crippen LogP contribution in [-0.2, 0) is 6.61 Å². The largest absolute Gasteiger partial charge is 0.489 e. The van der Waals surface area contributed by atoms with Crippen LogP contribution >= 0.6 is 0 Å². The summed E-state index contributed by atoms with van der Waals surface area (Å²) in [5.41, 5.74) is 4.64. The number of ketones is 1. The lowest BCUT2D eigenvalue weighted by Crippen LogP contribution is -2.00. The first-order valence-electron chi connectivity index (χ1n) is 8.93. The lowest BCUT2D eigenvalue weighted by Gasteiger charge is -2.09. The molecule has 0 saturated carbocycles. The lowest BCUT2D eigenvalue weighted by molar-refractivity contribution is 0.101. The van der Waals surface area contributed by atoms with E-state index < -0.39 is 0 Å². The lowest BCUT2D eigenvalue weighted by atomic mass is 10.0. The number of fused-ring (bicyclic) bond motifs is 1. The third-order valence-electron chi connectivity index (χ3n) is 4.67. The molecule has 4 rings (SSSR count). The van der Waals surface area contributed by atoms with Crippen molar-refractivity contribution in [2.45, 2.75) is 20.5 Å². The summed E-state index contributed by atoms with van der Waals surface area (Å²) in [5.74, 6) is 1.52. The molecule has 3 aromatic carbocycles. The first-order chi connectivity index (χ1) is 13.1. The van der Waals surface area contributed by atoms with Crippen molar-refractivity contribution in [3.63, 3.8) is 0 Å². The maximum absolute atomic E-state index is 12.8. The van der Waals surface area contributed by atoms with Crippen molar-refractivity contribution >= 4 is 11.9 Å². The molecule has 1 aliphatic heterocycles. The Kier molecular flexibility index (Phi) is 4.51. The summed E-state index contributed by atoms with van der Waals surface area (Å²) in [5, 5.41) is 0. The van der Waals surface area contributed by atoms with Crippen LogP contribution in [-0.4, -0.2) is 5.78 Å². The van der Waals surface area contributed by atoms with Gasteiger partial charge in [0.15, 0.2) is 5.76 Å². The first kappa shape index (κ1) is 17.1. The second kappa shape index (κ2) is 7.12. The summed E-state index contributed by atoms with van der Waals surface area (Å²) in [6.45, 7) is 4.39. The normalized spacial score (nSPS) is 14.1. The van der Waals surface area contributed by atoms with Gasteiger partial charge in [0, 0.05) is 6.07 Å². The Bertz CT molecular complexity index is 1030. The molecule has 0 aromatic heterocycles. The van der Waals surface area contributed by atoms with E-state index in [4.69, 9.17) is 9.47 Å². The number of benzene rings is 3. The molecule has 3 heteroatoms. The van der Waals surface area contributed by atoms with Crippen LogP contribution in [0.5, 0.6) is 11.5 Å². The van der Waals surface area contributed by atoms with Crippen LogP contribution in [0.2, 0.25) is 0 Å². The molecule has 3 aromatic rings. The number of carbonyl (C=O) groups is 1.